The largest absolute Gasteiger partial charge is 0.435 e. The Morgan fingerprint density at radius 3 is 2.06 bits per heavy atom. The molecule has 0 fully saturated rings. The van der Waals surface area contributed by atoms with E-state index in [1.165, 1.54) is 22.4 Å². The molecule has 0 N–H and O–H groups in total. The Kier molecular flexibility index (Phi) is 5.63. The average Bonchev–Trinajstić information content (AvgIpc) is 3.38. The monoisotopic (exact) mass is 453 g/mol. The van der Waals surface area contributed by atoms with E-state index in [9.17, 15) is 0 Å². The maximum absolute atomic E-state index is 6.41. The van der Waals surface area contributed by atoms with Crippen molar-refractivity contribution in [1.29, 1.82) is 0 Å². The first-order chi connectivity index (χ1) is 16.3. The van der Waals surface area contributed by atoms with Crippen LogP contribution in [0.4, 0.5) is 11.4 Å². The molecule has 3 heterocycles. The van der Waals surface area contributed by atoms with Gasteiger partial charge in [-0.3, -0.25) is 0 Å². The van der Waals surface area contributed by atoms with Crippen LogP contribution >= 0.6 is 0 Å². The van der Waals surface area contributed by atoms with Gasteiger partial charge >= 0.3 is 0 Å². The van der Waals surface area contributed by atoms with Gasteiger partial charge in [0.15, 0.2) is 5.58 Å². The second-order valence-corrected chi connectivity index (χ2v) is 10.1. The van der Waals surface area contributed by atoms with Gasteiger partial charge in [0, 0.05) is 34.6 Å². The van der Waals surface area contributed by atoms with Crippen LogP contribution in [0.25, 0.3) is 22.1 Å². The number of anilines is 2. The van der Waals surface area contributed by atoms with Gasteiger partial charge < -0.3 is 14.2 Å². The number of nitrogens with zero attached hydrogens (tertiary/aromatic N) is 3. The Balaban J connectivity index is 1.67. The summed E-state index contributed by atoms with van der Waals surface area (Å²) in [6, 6.07) is 15.3. The minimum absolute atomic E-state index is 0.171. The normalized spacial score (nSPS) is 16.2. The van der Waals surface area contributed by atoms with Crippen molar-refractivity contribution in [2.24, 2.45) is 0 Å². The molecule has 1 unspecified atom stereocenters. The molecule has 0 aliphatic carbocycles. The molecule has 0 bridgehead atoms. The van der Waals surface area contributed by atoms with Crippen LogP contribution in [-0.4, -0.2) is 11.1 Å². The summed E-state index contributed by atoms with van der Waals surface area (Å²) in [6.07, 6.45) is 5.63. The van der Waals surface area contributed by atoms with Crippen LogP contribution in [0, 0.1) is 13.8 Å². The number of hydrogen-bond acceptors (Lipinski definition) is 4. The lowest BCUT2D eigenvalue weighted by atomic mass is 9.91. The molecule has 0 spiro atoms. The van der Waals surface area contributed by atoms with Crippen LogP contribution in [0.3, 0.4) is 0 Å². The van der Waals surface area contributed by atoms with Crippen LogP contribution in [0.5, 0.6) is 0 Å². The first kappa shape index (κ1) is 22.5. The Morgan fingerprint density at radius 2 is 1.44 bits per heavy atom. The number of rotatable bonds is 5. The van der Waals surface area contributed by atoms with Gasteiger partial charge in [-0.2, -0.15) is 0 Å². The number of benzene rings is 2. The second kappa shape index (κ2) is 8.50. The zero-order valence-electron chi connectivity index (χ0n) is 21.4. The minimum Gasteiger partial charge on any atom is -0.435 e. The number of furan rings is 1. The molecule has 0 amide bonds. The molecule has 2 aromatic heterocycles. The van der Waals surface area contributed by atoms with Crippen molar-refractivity contribution in [3.63, 3.8) is 0 Å². The second-order valence-electron chi connectivity index (χ2n) is 10.1. The molecule has 5 rings (SSSR count). The molecule has 1 atom stereocenters. The lowest BCUT2D eigenvalue weighted by Gasteiger charge is -2.36. The highest BCUT2D eigenvalue weighted by molar-refractivity contribution is 6.08. The molecule has 1 aliphatic heterocycles. The molecule has 4 nitrogen and oxygen atoms in total. The highest BCUT2D eigenvalue weighted by Crippen LogP contribution is 2.43. The molecule has 4 aromatic rings. The summed E-state index contributed by atoms with van der Waals surface area (Å²) in [5.41, 5.74) is 9.08. The lowest BCUT2D eigenvalue weighted by Crippen LogP contribution is -2.39. The fraction of sp³-hybridized carbons (Fsp3) is 0.367. The molecular formula is C30H35N3O. The third-order valence-electron chi connectivity index (χ3n) is 7.08. The Morgan fingerprint density at radius 1 is 0.824 bits per heavy atom. The van der Waals surface area contributed by atoms with Gasteiger partial charge in [0.1, 0.15) is 6.17 Å². The fourth-order valence-corrected chi connectivity index (χ4v) is 5.35. The topological polar surface area (TPSA) is 32.5 Å². The van der Waals surface area contributed by atoms with Gasteiger partial charge in [0.25, 0.3) is 0 Å². The summed E-state index contributed by atoms with van der Waals surface area (Å²) in [5.74, 6) is 0.895. The molecular weight excluding hydrogens is 418 g/mol. The van der Waals surface area contributed by atoms with E-state index in [4.69, 9.17) is 4.42 Å². The predicted molar refractivity (Wildman–Crippen MR) is 144 cm³/mol. The van der Waals surface area contributed by atoms with E-state index in [1.54, 1.807) is 0 Å². The van der Waals surface area contributed by atoms with E-state index in [2.05, 4.69) is 111 Å². The van der Waals surface area contributed by atoms with Crippen molar-refractivity contribution in [2.45, 2.75) is 72.9 Å². The van der Waals surface area contributed by atoms with Crippen LogP contribution in [0.2, 0.25) is 0 Å². The van der Waals surface area contributed by atoms with Gasteiger partial charge in [-0.25, -0.2) is 4.98 Å². The van der Waals surface area contributed by atoms with E-state index in [0.717, 1.165) is 34.2 Å². The van der Waals surface area contributed by atoms with Gasteiger partial charge in [-0.1, -0.05) is 65.0 Å². The molecule has 0 radical (unpaired) electrons. The summed E-state index contributed by atoms with van der Waals surface area (Å²) in [6.45, 7) is 15.6. The third kappa shape index (κ3) is 3.48. The van der Waals surface area contributed by atoms with Crippen molar-refractivity contribution in [2.75, 3.05) is 9.80 Å². The fourth-order valence-electron chi connectivity index (χ4n) is 5.35. The first-order valence-electron chi connectivity index (χ1n) is 12.5. The molecule has 176 valence electrons. The number of para-hydroxylation sites is 1. The standard InChI is InChI=1S/C30H35N3O/c1-8-26-32(16-17-33(26)28-22(18(2)3)10-9-11-23(28)19(4)5)27-20(6)12-14-24-25-15-13-21(7)31-30(25)34-29(24)27/h9-19,26H,8H2,1-7H3. The first-order valence-corrected chi connectivity index (χ1v) is 12.5. The maximum Gasteiger partial charge on any atom is 0.227 e. The van der Waals surface area contributed by atoms with Gasteiger partial charge in [-0.05, 0) is 60.9 Å². The number of aromatic nitrogens is 1. The van der Waals surface area contributed by atoms with Gasteiger partial charge in [0.05, 0.1) is 5.69 Å². The molecule has 34 heavy (non-hydrogen) atoms. The van der Waals surface area contributed by atoms with E-state index in [1.807, 2.05) is 6.92 Å². The number of fused-ring (bicyclic) bond motifs is 3. The van der Waals surface area contributed by atoms with Crippen molar-refractivity contribution in [3.05, 3.63) is 77.2 Å². The molecule has 1 aliphatic rings. The van der Waals surface area contributed by atoms with Crippen LogP contribution in [0.15, 0.2) is 59.3 Å². The third-order valence-corrected chi connectivity index (χ3v) is 7.08. The predicted octanol–water partition coefficient (Wildman–Crippen LogP) is 8.38. The molecule has 0 saturated carbocycles. The van der Waals surface area contributed by atoms with E-state index in [0.29, 0.717) is 17.5 Å². The van der Waals surface area contributed by atoms with Crippen LogP contribution in [-0.2, 0) is 0 Å². The zero-order chi connectivity index (χ0) is 24.1. The summed E-state index contributed by atoms with van der Waals surface area (Å²) in [5, 5.41) is 2.19. The van der Waals surface area contributed by atoms with Crippen molar-refractivity contribution < 1.29 is 4.42 Å². The van der Waals surface area contributed by atoms with E-state index < -0.39 is 0 Å². The Labute approximate surface area is 202 Å². The average molecular weight is 454 g/mol. The van der Waals surface area contributed by atoms with Crippen molar-refractivity contribution in [1.82, 2.24) is 4.98 Å². The van der Waals surface area contributed by atoms with E-state index in [-0.39, 0.29) is 6.17 Å². The maximum atomic E-state index is 6.41. The highest BCUT2D eigenvalue weighted by Gasteiger charge is 2.33. The minimum atomic E-state index is 0.171. The molecule has 0 saturated heterocycles. The van der Waals surface area contributed by atoms with Crippen molar-refractivity contribution >= 4 is 33.4 Å². The number of hydrogen-bond donors (Lipinski definition) is 0. The zero-order valence-corrected chi connectivity index (χ0v) is 21.4. The van der Waals surface area contributed by atoms with Crippen LogP contribution in [0.1, 0.15) is 75.3 Å². The Bertz CT molecular complexity index is 1370. The highest BCUT2D eigenvalue weighted by atomic mass is 16.3. The summed E-state index contributed by atoms with van der Waals surface area (Å²) in [7, 11) is 0. The Hall–Kier alpha value is -3.27. The number of aryl methyl sites for hydroxylation is 2. The van der Waals surface area contributed by atoms with Crippen LogP contribution < -0.4 is 9.80 Å². The molecule has 4 heteroatoms. The molecule has 2 aromatic carbocycles. The van der Waals surface area contributed by atoms with E-state index >= 15 is 0 Å². The van der Waals surface area contributed by atoms with Gasteiger partial charge in [-0.15, -0.1) is 0 Å². The van der Waals surface area contributed by atoms with Gasteiger partial charge in [0.2, 0.25) is 5.71 Å². The summed E-state index contributed by atoms with van der Waals surface area (Å²) >= 11 is 0. The summed E-state index contributed by atoms with van der Waals surface area (Å²) < 4.78 is 6.41. The quantitative estimate of drug-likeness (QED) is 0.304. The smallest absolute Gasteiger partial charge is 0.227 e. The summed E-state index contributed by atoms with van der Waals surface area (Å²) in [4.78, 5) is 9.54. The lowest BCUT2D eigenvalue weighted by molar-refractivity contribution is 0.630. The SMILES string of the molecule is CCC1N(c2c(C(C)C)cccc2C(C)C)C=CN1c1c(C)ccc2c1oc1nc(C)ccc12. The van der Waals surface area contributed by atoms with Crippen molar-refractivity contribution in [3.8, 4) is 0 Å². The number of pyridine rings is 1.